The van der Waals surface area contributed by atoms with E-state index in [1.165, 1.54) is 0 Å². The zero-order valence-corrected chi connectivity index (χ0v) is 15.3. The molecule has 0 atom stereocenters. The van der Waals surface area contributed by atoms with Crippen LogP contribution in [0.1, 0.15) is 51.0 Å². The van der Waals surface area contributed by atoms with Crippen LogP contribution in [-0.4, -0.2) is 38.3 Å². The van der Waals surface area contributed by atoms with Crippen LogP contribution in [0.25, 0.3) is 0 Å². The number of unbranched alkanes of at least 4 members (excludes halogenated alkanes) is 2. The highest BCUT2D eigenvalue weighted by molar-refractivity contribution is 7.89. The minimum absolute atomic E-state index is 0.0160. The number of carbonyl (C=O) groups excluding carboxylic acids is 1. The number of nitrogens with one attached hydrogen (secondary N) is 1. The van der Waals surface area contributed by atoms with Crippen molar-refractivity contribution in [1.82, 2.24) is 9.62 Å². The molecule has 1 heterocycles. The van der Waals surface area contributed by atoms with Gasteiger partial charge in [-0.05, 0) is 37.0 Å². The summed E-state index contributed by atoms with van der Waals surface area (Å²) in [6, 6.07) is 6.71. The summed E-state index contributed by atoms with van der Waals surface area (Å²) in [5.41, 5.74) is 0.834. The predicted molar refractivity (Wildman–Crippen MR) is 95.3 cm³/mol. The average molecular weight is 353 g/mol. The third-order valence-electron chi connectivity index (χ3n) is 4.34. The number of amides is 1. The Morgan fingerprint density at radius 3 is 2.38 bits per heavy atom. The van der Waals surface area contributed by atoms with E-state index >= 15 is 0 Å². The standard InChI is InChI=1S/C18H28N2O3S/c1-2-3-5-12-19-18(21)15-16-8-10-17(11-9-16)24(22,23)20-13-6-4-7-14-20/h8-11H,2-7,12-15H2,1H3,(H,19,21). The number of sulfonamides is 1. The lowest BCUT2D eigenvalue weighted by atomic mass is 10.1. The van der Waals surface area contributed by atoms with Gasteiger partial charge in [-0.2, -0.15) is 4.31 Å². The van der Waals surface area contributed by atoms with Crippen LogP contribution in [0, 0.1) is 0 Å². The molecule has 0 aliphatic carbocycles. The minimum atomic E-state index is -3.39. The van der Waals surface area contributed by atoms with Crippen molar-refractivity contribution in [2.75, 3.05) is 19.6 Å². The van der Waals surface area contributed by atoms with Gasteiger partial charge in [0.15, 0.2) is 0 Å². The number of carbonyl (C=O) groups is 1. The van der Waals surface area contributed by atoms with Gasteiger partial charge in [-0.1, -0.05) is 38.3 Å². The lowest BCUT2D eigenvalue weighted by molar-refractivity contribution is -0.120. The summed E-state index contributed by atoms with van der Waals surface area (Å²) >= 11 is 0. The zero-order chi connectivity index (χ0) is 17.4. The van der Waals surface area contributed by atoms with Crippen molar-refractivity contribution in [2.45, 2.75) is 56.8 Å². The van der Waals surface area contributed by atoms with Crippen molar-refractivity contribution in [3.8, 4) is 0 Å². The molecule has 1 saturated heterocycles. The molecule has 1 aliphatic rings. The topological polar surface area (TPSA) is 66.5 Å². The van der Waals surface area contributed by atoms with E-state index in [2.05, 4.69) is 12.2 Å². The molecule has 5 nitrogen and oxygen atoms in total. The molecule has 1 aliphatic heterocycles. The van der Waals surface area contributed by atoms with Crippen LogP contribution in [-0.2, 0) is 21.2 Å². The molecule has 0 saturated carbocycles. The number of hydrogen-bond donors (Lipinski definition) is 1. The zero-order valence-electron chi connectivity index (χ0n) is 14.5. The largest absolute Gasteiger partial charge is 0.356 e. The van der Waals surface area contributed by atoms with Crippen molar-refractivity contribution < 1.29 is 13.2 Å². The van der Waals surface area contributed by atoms with Gasteiger partial charge in [-0.25, -0.2) is 8.42 Å². The Bertz CT molecular complexity index is 620. The molecule has 2 rings (SSSR count). The summed E-state index contributed by atoms with van der Waals surface area (Å²) in [5.74, 6) is -0.0160. The second kappa shape index (κ2) is 9.18. The number of hydrogen-bond acceptors (Lipinski definition) is 3. The highest BCUT2D eigenvalue weighted by Gasteiger charge is 2.25. The number of nitrogens with zero attached hydrogens (tertiary/aromatic N) is 1. The number of piperidine rings is 1. The van der Waals surface area contributed by atoms with Gasteiger partial charge < -0.3 is 5.32 Å². The maximum absolute atomic E-state index is 12.6. The molecule has 1 aromatic carbocycles. The second-order valence-corrected chi connectivity index (χ2v) is 8.28. The van der Waals surface area contributed by atoms with Crippen LogP contribution in [0.3, 0.4) is 0 Å². The molecule has 1 fully saturated rings. The lowest BCUT2D eigenvalue weighted by Crippen LogP contribution is -2.35. The van der Waals surface area contributed by atoms with E-state index in [1.54, 1.807) is 28.6 Å². The molecular weight excluding hydrogens is 324 g/mol. The maximum Gasteiger partial charge on any atom is 0.243 e. The smallest absolute Gasteiger partial charge is 0.243 e. The third-order valence-corrected chi connectivity index (χ3v) is 6.26. The van der Waals surface area contributed by atoms with Crippen molar-refractivity contribution in [1.29, 1.82) is 0 Å². The summed E-state index contributed by atoms with van der Waals surface area (Å²) in [7, 11) is -3.39. The Balaban J connectivity index is 1.91. The second-order valence-electron chi connectivity index (χ2n) is 6.34. The molecule has 6 heteroatoms. The van der Waals surface area contributed by atoms with E-state index in [-0.39, 0.29) is 12.3 Å². The molecule has 1 N–H and O–H groups in total. The fourth-order valence-corrected chi connectivity index (χ4v) is 4.40. The van der Waals surface area contributed by atoms with Crippen molar-refractivity contribution >= 4 is 15.9 Å². The van der Waals surface area contributed by atoms with E-state index in [1.807, 2.05) is 0 Å². The molecule has 0 unspecified atom stereocenters. The van der Waals surface area contributed by atoms with Crippen LogP contribution in [0.2, 0.25) is 0 Å². The van der Waals surface area contributed by atoms with Gasteiger partial charge in [0, 0.05) is 19.6 Å². The van der Waals surface area contributed by atoms with Gasteiger partial charge in [-0.15, -0.1) is 0 Å². The van der Waals surface area contributed by atoms with Gasteiger partial charge in [0.25, 0.3) is 0 Å². The first-order valence-corrected chi connectivity index (χ1v) is 10.3. The SMILES string of the molecule is CCCCCNC(=O)Cc1ccc(S(=O)(=O)N2CCCCC2)cc1. The lowest BCUT2D eigenvalue weighted by Gasteiger charge is -2.25. The Kier molecular flexibility index (Phi) is 7.24. The average Bonchev–Trinajstić information content (AvgIpc) is 2.60. The Labute approximate surface area is 145 Å². The van der Waals surface area contributed by atoms with E-state index in [9.17, 15) is 13.2 Å². The van der Waals surface area contributed by atoms with E-state index in [4.69, 9.17) is 0 Å². The summed E-state index contributed by atoms with van der Waals surface area (Å²) in [5, 5.41) is 2.90. The van der Waals surface area contributed by atoms with Crippen LogP contribution in [0.15, 0.2) is 29.2 Å². The fourth-order valence-electron chi connectivity index (χ4n) is 2.88. The van der Waals surface area contributed by atoms with E-state index in [0.29, 0.717) is 24.5 Å². The minimum Gasteiger partial charge on any atom is -0.356 e. The van der Waals surface area contributed by atoms with Gasteiger partial charge in [0.1, 0.15) is 0 Å². The fraction of sp³-hybridized carbons (Fsp3) is 0.611. The van der Waals surface area contributed by atoms with Crippen molar-refractivity contribution in [2.24, 2.45) is 0 Å². The maximum atomic E-state index is 12.6. The summed E-state index contributed by atoms with van der Waals surface area (Å²) < 4.78 is 26.7. The van der Waals surface area contributed by atoms with Crippen LogP contribution >= 0.6 is 0 Å². The van der Waals surface area contributed by atoms with Gasteiger partial charge in [0.05, 0.1) is 11.3 Å². The summed E-state index contributed by atoms with van der Waals surface area (Å²) in [6.45, 7) is 4.03. The quantitative estimate of drug-likeness (QED) is 0.732. The molecule has 24 heavy (non-hydrogen) atoms. The summed E-state index contributed by atoms with van der Waals surface area (Å²) in [6.07, 6.45) is 6.47. The molecule has 0 radical (unpaired) electrons. The van der Waals surface area contributed by atoms with Crippen LogP contribution in [0.5, 0.6) is 0 Å². The van der Waals surface area contributed by atoms with Crippen molar-refractivity contribution in [3.63, 3.8) is 0 Å². The van der Waals surface area contributed by atoms with E-state index < -0.39 is 10.0 Å². The Hall–Kier alpha value is -1.40. The highest BCUT2D eigenvalue weighted by Crippen LogP contribution is 2.20. The normalized spacial score (nSPS) is 16.0. The predicted octanol–water partition coefficient (Wildman–Crippen LogP) is 2.71. The molecule has 0 spiro atoms. The first kappa shape index (κ1) is 18.9. The van der Waals surface area contributed by atoms with Crippen LogP contribution in [0.4, 0.5) is 0 Å². The molecular formula is C18H28N2O3S. The van der Waals surface area contributed by atoms with Crippen molar-refractivity contribution in [3.05, 3.63) is 29.8 Å². The Morgan fingerprint density at radius 2 is 1.75 bits per heavy atom. The third kappa shape index (κ3) is 5.31. The van der Waals surface area contributed by atoms with Crippen LogP contribution < -0.4 is 5.32 Å². The summed E-state index contributed by atoms with van der Waals surface area (Å²) in [4.78, 5) is 12.2. The van der Waals surface area contributed by atoms with Gasteiger partial charge in [-0.3, -0.25) is 4.79 Å². The van der Waals surface area contributed by atoms with E-state index in [0.717, 1.165) is 44.1 Å². The van der Waals surface area contributed by atoms with Gasteiger partial charge in [0.2, 0.25) is 15.9 Å². The first-order chi connectivity index (χ1) is 11.5. The molecule has 134 valence electrons. The molecule has 1 aromatic rings. The van der Waals surface area contributed by atoms with Gasteiger partial charge >= 0.3 is 0 Å². The monoisotopic (exact) mass is 352 g/mol. The molecule has 0 bridgehead atoms. The molecule has 1 amide bonds. The first-order valence-electron chi connectivity index (χ1n) is 8.90. The number of rotatable bonds is 8. The molecule has 0 aromatic heterocycles. The number of benzene rings is 1. The highest BCUT2D eigenvalue weighted by atomic mass is 32.2. The Morgan fingerprint density at radius 1 is 1.08 bits per heavy atom.